The maximum absolute atomic E-state index is 14.7. The lowest BCUT2D eigenvalue weighted by atomic mass is 9.33. The number of nitrogens with zero attached hydrogens (tertiary/aromatic N) is 1. The van der Waals surface area contributed by atoms with Gasteiger partial charge in [0, 0.05) is 13.1 Å². The van der Waals surface area contributed by atoms with E-state index in [0.29, 0.717) is 30.1 Å². The highest BCUT2D eigenvalue weighted by atomic mass is 16.8. The summed E-state index contributed by atoms with van der Waals surface area (Å²) in [7, 11) is 0. The molecule has 5 aliphatic carbocycles. The van der Waals surface area contributed by atoms with E-state index in [1.54, 1.807) is 0 Å². The lowest BCUT2D eigenvalue weighted by Crippen LogP contribution is -2.68. The molecular formula is C52H87NO15. The van der Waals surface area contributed by atoms with Crippen LogP contribution >= 0.6 is 0 Å². The van der Waals surface area contributed by atoms with E-state index in [1.165, 1.54) is 19.4 Å². The molecule has 16 heteroatoms. The zero-order valence-corrected chi connectivity index (χ0v) is 42.6. The summed E-state index contributed by atoms with van der Waals surface area (Å²) in [4.78, 5) is 16.8. The van der Waals surface area contributed by atoms with Crippen LogP contribution in [0.25, 0.3) is 0 Å². The third-order valence-electron chi connectivity index (χ3n) is 20.7. The molecule has 0 spiro atoms. The molecule has 7 fully saturated rings. The molecule has 3 aliphatic heterocycles. The topological polar surface area (TPSA) is 238 Å². The zero-order chi connectivity index (χ0) is 49.8. The molecule has 4 saturated carbocycles. The molecule has 8 rings (SSSR count). The minimum absolute atomic E-state index is 0.00648. The second-order valence-corrected chi connectivity index (χ2v) is 24.0. The summed E-state index contributed by atoms with van der Waals surface area (Å²) in [5.74, 6) is 2.11. The second kappa shape index (κ2) is 19.2. The Morgan fingerprint density at radius 2 is 1.25 bits per heavy atom. The number of fused-ring (bicyclic) bond motifs is 7. The van der Waals surface area contributed by atoms with Gasteiger partial charge in [-0.2, -0.15) is 0 Å². The largest absolute Gasteiger partial charge is 0.394 e. The van der Waals surface area contributed by atoms with Gasteiger partial charge in [0.2, 0.25) is 5.91 Å². The predicted molar refractivity (Wildman–Crippen MR) is 248 cm³/mol. The molecule has 0 bridgehead atoms. The van der Waals surface area contributed by atoms with Gasteiger partial charge in [0.25, 0.3) is 0 Å². The van der Waals surface area contributed by atoms with E-state index in [9.17, 15) is 45.6 Å². The van der Waals surface area contributed by atoms with Gasteiger partial charge >= 0.3 is 0 Å². The van der Waals surface area contributed by atoms with E-state index in [1.807, 2.05) is 0 Å². The molecule has 0 unspecified atom stereocenters. The average Bonchev–Trinajstić information content (AvgIpc) is 3.30. The van der Waals surface area contributed by atoms with E-state index < -0.39 is 110 Å². The van der Waals surface area contributed by atoms with Crippen LogP contribution in [0.5, 0.6) is 0 Å². The quantitative estimate of drug-likeness (QED) is 0.116. The van der Waals surface area contributed by atoms with Crippen molar-refractivity contribution >= 4 is 5.91 Å². The van der Waals surface area contributed by atoms with Crippen molar-refractivity contribution in [3.8, 4) is 0 Å². The Morgan fingerprint density at radius 1 is 0.662 bits per heavy atom. The highest BCUT2D eigenvalue weighted by molar-refractivity contribution is 5.84. The summed E-state index contributed by atoms with van der Waals surface area (Å²) in [5.41, 5.74) is 0.592. The molecule has 3 saturated heterocycles. The first-order valence-electron chi connectivity index (χ1n) is 26.2. The van der Waals surface area contributed by atoms with Crippen molar-refractivity contribution in [1.82, 2.24) is 4.90 Å². The molecular weight excluding hydrogens is 879 g/mol. The maximum atomic E-state index is 14.7. The molecule has 0 aromatic carbocycles. The van der Waals surface area contributed by atoms with Gasteiger partial charge in [-0.3, -0.25) is 4.79 Å². The number of aliphatic hydroxyl groups excluding tert-OH is 8. The van der Waals surface area contributed by atoms with Crippen molar-refractivity contribution in [3.05, 3.63) is 11.6 Å². The van der Waals surface area contributed by atoms with Crippen molar-refractivity contribution in [1.29, 1.82) is 0 Å². The molecule has 8 aliphatic rings. The first kappa shape index (κ1) is 53.0. The van der Waals surface area contributed by atoms with Crippen molar-refractivity contribution in [2.75, 3.05) is 19.7 Å². The highest BCUT2D eigenvalue weighted by Crippen LogP contribution is 2.76. The number of ether oxygens (including phenoxy) is 6. The smallest absolute Gasteiger partial charge is 0.229 e. The molecule has 8 N–H and O–H groups in total. The summed E-state index contributed by atoms with van der Waals surface area (Å²) in [5, 5.41) is 87.0. The molecule has 0 radical (unpaired) electrons. The fourth-order valence-electron chi connectivity index (χ4n) is 16.1. The van der Waals surface area contributed by atoms with E-state index in [0.717, 1.165) is 64.5 Å². The van der Waals surface area contributed by atoms with Crippen molar-refractivity contribution in [3.63, 3.8) is 0 Å². The number of aliphatic hydroxyl groups is 8. The van der Waals surface area contributed by atoms with Gasteiger partial charge in [0.15, 0.2) is 18.9 Å². The minimum atomic E-state index is -1.73. The average molecular weight is 966 g/mol. The Kier molecular flexibility index (Phi) is 14.9. The molecule has 0 aromatic heterocycles. The number of allylic oxidation sites excluding steroid dienone is 2. The van der Waals surface area contributed by atoms with Crippen LogP contribution in [0.2, 0.25) is 0 Å². The number of carbonyl (C=O) groups excluding carboxylic acids is 1. The molecule has 1 amide bonds. The molecule has 0 aromatic rings. The SMILES string of the molecule is CCN(CC)C(=O)[C@]12CC[C@@H](C)[C@H](C)[C@H]1C1=CC[C@@H]3[C@@]4(C)CC[C@H](O[C@@H]5O[C@H](CO)[C@@H](O[C@@H]6O[C@@H](C)[C@H](O)[C@@H](O)[C@H]6O)[C@H](O)[C@H]5O[C@@H]5O[C@@H](C)[C@H](O)[C@@H](O)[C@H]5O)C(C)(C)[C@@H]4CC[C@@]3(C)[C@]1(C)CC2. The predicted octanol–water partition coefficient (Wildman–Crippen LogP) is 3.40. The number of rotatable bonds is 10. The van der Waals surface area contributed by atoms with Gasteiger partial charge in [0.1, 0.15) is 61.0 Å². The van der Waals surface area contributed by atoms with E-state index in [2.05, 4.69) is 73.3 Å². The number of carbonyl (C=O) groups is 1. The first-order valence-corrected chi connectivity index (χ1v) is 26.2. The van der Waals surface area contributed by atoms with Crippen molar-refractivity contribution in [2.45, 2.75) is 232 Å². The van der Waals surface area contributed by atoms with Gasteiger partial charge in [-0.1, -0.05) is 60.1 Å². The van der Waals surface area contributed by atoms with Gasteiger partial charge in [-0.15, -0.1) is 0 Å². The molecule has 3 heterocycles. The summed E-state index contributed by atoms with van der Waals surface area (Å²) < 4.78 is 37.4. The van der Waals surface area contributed by atoms with E-state index in [-0.39, 0.29) is 33.5 Å². The second-order valence-electron chi connectivity index (χ2n) is 24.0. The third-order valence-corrected chi connectivity index (χ3v) is 20.7. The van der Waals surface area contributed by atoms with Crippen LogP contribution in [0, 0.1) is 56.7 Å². The summed E-state index contributed by atoms with van der Waals surface area (Å²) in [6, 6.07) is 0. The van der Waals surface area contributed by atoms with E-state index in [4.69, 9.17) is 28.4 Å². The Bertz CT molecular complexity index is 1830. The lowest BCUT2D eigenvalue weighted by Gasteiger charge is -2.71. The van der Waals surface area contributed by atoms with Gasteiger partial charge in [-0.05, 0) is 137 Å². The van der Waals surface area contributed by atoms with E-state index >= 15 is 0 Å². The standard InChI is InChI=1S/C52H87NO15/c1-12-53(13-2)47(62)52-21-16-25(3)26(4)34(52)29-14-15-32-49(9)19-18-33(48(7,8)31(49)17-20-51(32,11)50(29,10)22-23-52)66-46-43(68-45-40(60)38(58)36(56)28(6)64-45)41(61)42(30(24-54)65-46)67-44-39(59)37(57)35(55)27(5)63-44/h14,25-28,30-46,54-61H,12-13,15-24H2,1-11H3/t25-,26+,27+,28+,30-,31+,32-,33+,34+,35+,36+,37-,38-,39-,40-,41+,42-,43-,44+,45+,46+,49+,50-,51-,52+/m1/s1. The fraction of sp³-hybridized carbons (Fsp3) is 0.942. The highest BCUT2D eigenvalue weighted by Gasteiger charge is 2.70. The summed E-state index contributed by atoms with van der Waals surface area (Å²) >= 11 is 0. The van der Waals surface area contributed by atoms with Crippen LogP contribution < -0.4 is 0 Å². The van der Waals surface area contributed by atoms with Crippen molar-refractivity contribution < 1.29 is 74.1 Å². The van der Waals surface area contributed by atoms with Crippen LogP contribution in [0.15, 0.2) is 11.6 Å². The minimum Gasteiger partial charge on any atom is -0.394 e. The van der Waals surface area contributed by atoms with Crippen LogP contribution in [0.3, 0.4) is 0 Å². The molecule has 25 atom stereocenters. The number of hydrogen-bond donors (Lipinski definition) is 8. The van der Waals surface area contributed by atoms with Crippen LogP contribution in [0.1, 0.15) is 134 Å². The normalized spacial score (nSPS) is 53.5. The zero-order valence-electron chi connectivity index (χ0n) is 42.6. The number of hydrogen-bond acceptors (Lipinski definition) is 15. The van der Waals surface area contributed by atoms with Crippen LogP contribution in [-0.2, 0) is 33.2 Å². The first-order chi connectivity index (χ1) is 31.9. The molecule has 68 heavy (non-hydrogen) atoms. The number of amides is 1. The maximum Gasteiger partial charge on any atom is 0.229 e. The molecule has 390 valence electrons. The Morgan fingerprint density at radius 3 is 1.82 bits per heavy atom. The van der Waals surface area contributed by atoms with Crippen LogP contribution in [-0.4, -0.2) is 170 Å². The van der Waals surface area contributed by atoms with Gasteiger partial charge in [0.05, 0.1) is 30.3 Å². The van der Waals surface area contributed by atoms with Gasteiger partial charge < -0.3 is 74.2 Å². The summed E-state index contributed by atoms with van der Waals surface area (Å²) in [6.07, 6.45) is -11.2. The van der Waals surface area contributed by atoms with Crippen LogP contribution in [0.4, 0.5) is 0 Å². The fourth-order valence-corrected chi connectivity index (χ4v) is 16.1. The summed E-state index contributed by atoms with van der Waals surface area (Å²) in [6.45, 7) is 24.9. The Hall–Kier alpha value is -1.35. The van der Waals surface area contributed by atoms with Gasteiger partial charge in [-0.25, -0.2) is 0 Å². The monoisotopic (exact) mass is 966 g/mol. The molecule has 16 nitrogen and oxygen atoms in total. The van der Waals surface area contributed by atoms with Crippen molar-refractivity contribution in [2.24, 2.45) is 56.7 Å². The Labute approximate surface area is 404 Å². The lowest BCUT2D eigenvalue weighted by molar-refractivity contribution is -0.393. The third kappa shape index (κ3) is 8.12. The Balaban J connectivity index is 1.07.